The minimum absolute atomic E-state index is 0.0879. The van der Waals surface area contributed by atoms with Gasteiger partial charge in [0.05, 0.1) is 18.0 Å². The van der Waals surface area contributed by atoms with E-state index in [1.807, 2.05) is 0 Å². The summed E-state index contributed by atoms with van der Waals surface area (Å²) >= 11 is 0. The van der Waals surface area contributed by atoms with E-state index in [0.717, 1.165) is 18.8 Å². The fraction of sp³-hybridized carbons (Fsp3) is 0.667. The van der Waals surface area contributed by atoms with E-state index in [-0.39, 0.29) is 5.56 Å². The van der Waals surface area contributed by atoms with Crippen LogP contribution >= 0.6 is 0 Å². The maximum Gasteiger partial charge on any atom is 0.268 e. The number of rotatable bonds is 4. The Morgan fingerprint density at radius 2 is 2.18 bits per heavy atom. The van der Waals surface area contributed by atoms with Gasteiger partial charge in [-0.3, -0.25) is 4.79 Å². The first kappa shape index (κ1) is 12.1. The zero-order chi connectivity index (χ0) is 12.3. The van der Waals surface area contributed by atoms with Crippen molar-refractivity contribution in [3.63, 3.8) is 0 Å². The lowest BCUT2D eigenvalue weighted by Gasteiger charge is -2.17. The average molecular weight is 237 g/mol. The smallest absolute Gasteiger partial charge is 0.268 e. The second-order valence-corrected chi connectivity index (χ2v) is 4.61. The van der Waals surface area contributed by atoms with Gasteiger partial charge in [0.25, 0.3) is 5.56 Å². The molecule has 1 aliphatic rings. The van der Waals surface area contributed by atoms with Crippen molar-refractivity contribution in [1.82, 2.24) is 9.78 Å². The van der Waals surface area contributed by atoms with Gasteiger partial charge in [-0.05, 0) is 26.2 Å². The van der Waals surface area contributed by atoms with Crippen molar-refractivity contribution in [2.24, 2.45) is 0 Å². The van der Waals surface area contributed by atoms with Gasteiger partial charge in [0.15, 0.2) is 0 Å². The first-order chi connectivity index (χ1) is 8.16. The second kappa shape index (κ2) is 5.31. The van der Waals surface area contributed by atoms with Crippen molar-refractivity contribution in [3.05, 3.63) is 22.6 Å². The molecule has 0 bridgehead atoms. The van der Waals surface area contributed by atoms with Crippen molar-refractivity contribution in [2.75, 3.05) is 18.0 Å². The van der Waals surface area contributed by atoms with Gasteiger partial charge in [-0.2, -0.15) is 5.10 Å². The molecule has 0 aromatic carbocycles. The Hall–Kier alpha value is -1.36. The Morgan fingerprint density at radius 1 is 1.47 bits per heavy atom. The maximum absolute atomic E-state index is 11.8. The molecule has 1 saturated heterocycles. The Kier molecular flexibility index (Phi) is 3.78. The number of nitrogens with zero attached hydrogens (tertiary/aromatic N) is 3. The molecule has 5 heteroatoms. The van der Waals surface area contributed by atoms with E-state index in [2.05, 4.69) is 10.00 Å². The summed E-state index contributed by atoms with van der Waals surface area (Å²) < 4.78 is 1.41. The van der Waals surface area contributed by atoms with Crippen molar-refractivity contribution < 1.29 is 5.11 Å². The molecule has 2 rings (SSSR count). The number of aliphatic hydroxyl groups is 1. The van der Waals surface area contributed by atoms with Crippen LogP contribution in [-0.2, 0) is 6.54 Å². The molecule has 0 spiro atoms. The zero-order valence-electron chi connectivity index (χ0n) is 10.2. The van der Waals surface area contributed by atoms with Crippen LogP contribution in [0.2, 0.25) is 0 Å². The summed E-state index contributed by atoms with van der Waals surface area (Å²) in [6.07, 6.45) is 4.27. The molecule has 0 amide bonds. The van der Waals surface area contributed by atoms with E-state index >= 15 is 0 Å². The molecule has 0 saturated carbocycles. The highest BCUT2D eigenvalue weighted by molar-refractivity contribution is 5.43. The van der Waals surface area contributed by atoms with Crippen molar-refractivity contribution in [2.45, 2.75) is 38.8 Å². The normalized spacial score (nSPS) is 17.4. The first-order valence-electron chi connectivity index (χ1n) is 6.17. The molecule has 1 aromatic heterocycles. The van der Waals surface area contributed by atoms with Crippen LogP contribution in [0.4, 0.5) is 5.69 Å². The van der Waals surface area contributed by atoms with Crippen LogP contribution in [0, 0.1) is 0 Å². The molecule has 1 unspecified atom stereocenters. The molecule has 1 fully saturated rings. The second-order valence-electron chi connectivity index (χ2n) is 4.61. The van der Waals surface area contributed by atoms with Crippen molar-refractivity contribution in [1.29, 1.82) is 0 Å². The molecule has 5 nitrogen and oxygen atoms in total. The Morgan fingerprint density at radius 3 is 2.76 bits per heavy atom. The van der Waals surface area contributed by atoms with Gasteiger partial charge in [-0.25, -0.2) is 4.68 Å². The number of hydrogen-bond acceptors (Lipinski definition) is 4. The van der Waals surface area contributed by atoms with E-state index in [1.54, 1.807) is 19.2 Å². The van der Waals surface area contributed by atoms with Gasteiger partial charge in [0.2, 0.25) is 0 Å². The monoisotopic (exact) mass is 237 g/mol. The van der Waals surface area contributed by atoms with Gasteiger partial charge in [0, 0.05) is 25.7 Å². The zero-order valence-corrected chi connectivity index (χ0v) is 10.2. The average Bonchev–Trinajstić information content (AvgIpc) is 2.80. The van der Waals surface area contributed by atoms with Gasteiger partial charge < -0.3 is 10.0 Å². The number of aromatic nitrogens is 2. The number of aryl methyl sites for hydroxylation is 1. The molecule has 0 aliphatic carbocycles. The minimum atomic E-state index is -0.401. The van der Waals surface area contributed by atoms with Gasteiger partial charge in [-0.15, -0.1) is 0 Å². The summed E-state index contributed by atoms with van der Waals surface area (Å²) in [4.78, 5) is 14.0. The lowest BCUT2D eigenvalue weighted by molar-refractivity contribution is 0.175. The fourth-order valence-electron chi connectivity index (χ4n) is 2.05. The van der Waals surface area contributed by atoms with Gasteiger partial charge >= 0.3 is 0 Å². The SMILES string of the molecule is CC(O)CCn1ncc(N2CCCC2)cc1=O. The molecule has 1 aromatic rings. The lowest BCUT2D eigenvalue weighted by Crippen LogP contribution is -2.27. The standard InChI is InChI=1S/C12H19N3O2/c1-10(16)4-7-15-12(17)8-11(9-13-15)14-5-2-3-6-14/h8-10,16H,2-7H2,1H3. The summed E-state index contributed by atoms with van der Waals surface area (Å²) in [6, 6.07) is 1.64. The predicted octanol–water partition coefficient (Wildman–Crippen LogP) is 0.614. The fourth-order valence-corrected chi connectivity index (χ4v) is 2.05. The molecule has 0 radical (unpaired) electrons. The Bertz CT molecular complexity index is 422. The number of aliphatic hydroxyl groups excluding tert-OH is 1. The van der Waals surface area contributed by atoms with Crippen molar-refractivity contribution in [3.8, 4) is 0 Å². The van der Waals surface area contributed by atoms with Gasteiger partial charge in [-0.1, -0.05) is 0 Å². The largest absolute Gasteiger partial charge is 0.393 e. The topological polar surface area (TPSA) is 58.4 Å². The van der Waals surface area contributed by atoms with Crippen LogP contribution < -0.4 is 10.5 Å². The van der Waals surface area contributed by atoms with Crippen LogP contribution in [-0.4, -0.2) is 34.1 Å². The molecular weight excluding hydrogens is 218 g/mol. The van der Waals surface area contributed by atoms with E-state index in [4.69, 9.17) is 0 Å². The number of hydrogen-bond donors (Lipinski definition) is 1. The molecular formula is C12H19N3O2. The molecule has 1 atom stereocenters. The van der Waals surface area contributed by atoms with Crippen LogP contribution in [0.15, 0.2) is 17.1 Å². The van der Waals surface area contributed by atoms with Gasteiger partial charge in [0.1, 0.15) is 0 Å². The summed E-state index contributed by atoms with van der Waals surface area (Å²) in [5.41, 5.74) is 0.829. The molecule has 1 N–H and O–H groups in total. The summed E-state index contributed by atoms with van der Waals surface area (Å²) in [5, 5.41) is 13.3. The van der Waals surface area contributed by atoms with E-state index in [9.17, 15) is 9.90 Å². The van der Waals surface area contributed by atoms with E-state index < -0.39 is 6.10 Å². The van der Waals surface area contributed by atoms with E-state index in [0.29, 0.717) is 13.0 Å². The summed E-state index contributed by atoms with van der Waals surface area (Å²) in [5.74, 6) is 0. The molecule has 2 heterocycles. The Labute approximate surface area is 101 Å². The third-order valence-electron chi connectivity index (χ3n) is 3.09. The summed E-state index contributed by atoms with van der Waals surface area (Å²) in [6.45, 7) is 4.21. The highest BCUT2D eigenvalue weighted by Crippen LogP contribution is 2.16. The molecule has 94 valence electrons. The third-order valence-corrected chi connectivity index (χ3v) is 3.09. The Balaban J connectivity index is 2.08. The molecule has 1 aliphatic heterocycles. The lowest BCUT2D eigenvalue weighted by atomic mass is 10.3. The van der Waals surface area contributed by atoms with Crippen LogP contribution in [0.1, 0.15) is 26.2 Å². The van der Waals surface area contributed by atoms with Crippen LogP contribution in [0.5, 0.6) is 0 Å². The highest BCUT2D eigenvalue weighted by Gasteiger charge is 2.13. The van der Waals surface area contributed by atoms with Crippen LogP contribution in [0.25, 0.3) is 0 Å². The van der Waals surface area contributed by atoms with E-state index in [1.165, 1.54) is 17.5 Å². The van der Waals surface area contributed by atoms with Crippen LogP contribution in [0.3, 0.4) is 0 Å². The minimum Gasteiger partial charge on any atom is -0.393 e. The summed E-state index contributed by atoms with van der Waals surface area (Å²) in [7, 11) is 0. The number of anilines is 1. The maximum atomic E-state index is 11.8. The molecule has 17 heavy (non-hydrogen) atoms. The third kappa shape index (κ3) is 3.06. The quantitative estimate of drug-likeness (QED) is 0.833. The first-order valence-corrected chi connectivity index (χ1v) is 6.17. The highest BCUT2D eigenvalue weighted by atomic mass is 16.3. The van der Waals surface area contributed by atoms with Crippen molar-refractivity contribution >= 4 is 5.69 Å². The predicted molar refractivity (Wildman–Crippen MR) is 66.2 cm³/mol.